The van der Waals surface area contributed by atoms with Gasteiger partial charge in [0.05, 0.1) is 12.3 Å². The summed E-state index contributed by atoms with van der Waals surface area (Å²) < 4.78 is 1.91. The number of anilines is 2. The standard InChI is InChI=1S/C23H30N8O.ClH/c1-18-19(16-27-31(18)21-4-2-3-7-24-21)17-28-12-14-30(15-13-28)23-22(25-8-9-26-23)29-10-5-20(32)6-11-29;/h2-4,7-9,16,20,32H,5-6,10-15,17H2,1H3;1H. The van der Waals surface area contributed by atoms with Crippen molar-refractivity contribution in [2.45, 2.75) is 32.4 Å². The van der Waals surface area contributed by atoms with Crippen LogP contribution in [0.2, 0.25) is 0 Å². The first kappa shape index (κ1) is 23.4. The van der Waals surface area contributed by atoms with Gasteiger partial charge in [-0.15, -0.1) is 12.4 Å². The number of hydrogen-bond acceptors (Lipinski definition) is 8. The lowest BCUT2D eigenvalue weighted by molar-refractivity contribution is 0.145. The number of nitrogens with zero attached hydrogens (tertiary/aromatic N) is 8. The maximum Gasteiger partial charge on any atom is 0.172 e. The molecule has 0 aliphatic carbocycles. The summed E-state index contributed by atoms with van der Waals surface area (Å²) in [5.74, 6) is 2.75. The number of aliphatic hydroxyl groups is 1. The van der Waals surface area contributed by atoms with E-state index >= 15 is 0 Å². The molecule has 176 valence electrons. The molecular weight excluding hydrogens is 440 g/mol. The fourth-order valence-electron chi connectivity index (χ4n) is 4.51. The maximum atomic E-state index is 9.84. The van der Waals surface area contributed by atoms with Gasteiger partial charge in [0.1, 0.15) is 0 Å². The molecule has 0 aromatic carbocycles. The van der Waals surface area contributed by atoms with Gasteiger partial charge in [0.2, 0.25) is 0 Å². The molecule has 0 amide bonds. The van der Waals surface area contributed by atoms with Crippen LogP contribution in [0.1, 0.15) is 24.1 Å². The minimum Gasteiger partial charge on any atom is -0.393 e. The second-order valence-corrected chi connectivity index (χ2v) is 8.54. The summed E-state index contributed by atoms with van der Waals surface area (Å²) in [6, 6.07) is 5.87. The lowest BCUT2D eigenvalue weighted by Crippen LogP contribution is -2.47. The fourth-order valence-corrected chi connectivity index (χ4v) is 4.51. The molecule has 5 heterocycles. The number of pyridine rings is 1. The number of aliphatic hydroxyl groups excluding tert-OH is 1. The summed E-state index contributed by atoms with van der Waals surface area (Å²) in [7, 11) is 0. The molecule has 2 saturated heterocycles. The van der Waals surface area contributed by atoms with E-state index in [9.17, 15) is 5.11 Å². The van der Waals surface area contributed by atoms with Gasteiger partial charge in [-0.3, -0.25) is 4.90 Å². The first-order valence-corrected chi connectivity index (χ1v) is 11.4. The summed E-state index contributed by atoms with van der Waals surface area (Å²) in [4.78, 5) is 20.8. The lowest BCUT2D eigenvalue weighted by atomic mass is 10.1. The van der Waals surface area contributed by atoms with Crippen molar-refractivity contribution in [2.24, 2.45) is 0 Å². The van der Waals surface area contributed by atoms with Gasteiger partial charge >= 0.3 is 0 Å². The zero-order chi connectivity index (χ0) is 21.9. The number of hydrogen-bond donors (Lipinski definition) is 1. The Morgan fingerprint density at radius 2 is 1.55 bits per heavy atom. The van der Waals surface area contributed by atoms with E-state index in [1.165, 1.54) is 5.56 Å². The molecule has 0 spiro atoms. The Morgan fingerprint density at radius 1 is 0.879 bits per heavy atom. The third kappa shape index (κ3) is 5.10. The fraction of sp³-hybridized carbons (Fsp3) is 0.478. The Bertz CT molecular complexity index is 1030. The van der Waals surface area contributed by atoms with Crippen LogP contribution >= 0.6 is 12.4 Å². The average molecular weight is 471 g/mol. The first-order valence-electron chi connectivity index (χ1n) is 11.4. The molecular formula is C23H31ClN8O. The predicted octanol–water partition coefficient (Wildman–Crippen LogP) is 2.07. The minimum atomic E-state index is -0.194. The molecule has 0 unspecified atom stereocenters. The van der Waals surface area contributed by atoms with Crippen molar-refractivity contribution >= 4 is 24.0 Å². The summed E-state index contributed by atoms with van der Waals surface area (Å²) in [5.41, 5.74) is 2.37. The smallest absolute Gasteiger partial charge is 0.172 e. The summed E-state index contributed by atoms with van der Waals surface area (Å²) in [6.07, 6.45) is 8.68. The van der Waals surface area contributed by atoms with Crippen molar-refractivity contribution in [3.8, 4) is 5.82 Å². The van der Waals surface area contributed by atoms with Crippen LogP contribution < -0.4 is 9.80 Å². The zero-order valence-electron chi connectivity index (χ0n) is 18.9. The molecule has 2 aliphatic heterocycles. The van der Waals surface area contributed by atoms with Crippen molar-refractivity contribution in [1.82, 2.24) is 29.6 Å². The monoisotopic (exact) mass is 470 g/mol. The van der Waals surface area contributed by atoms with E-state index in [-0.39, 0.29) is 18.5 Å². The summed E-state index contributed by atoms with van der Waals surface area (Å²) >= 11 is 0. The minimum absolute atomic E-state index is 0. The van der Waals surface area contributed by atoms with E-state index in [1.807, 2.05) is 29.1 Å². The summed E-state index contributed by atoms with van der Waals surface area (Å²) in [5, 5.41) is 14.4. The van der Waals surface area contributed by atoms with E-state index in [0.717, 1.165) is 81.8 Å². The molecule has 0 saturated carbocycles. The normalized spacial score (nSPS) is 17.8. The van der Waals surface area contributed by atoms with Gasteiger partial charge in [-0.25, -0.2) is 19.6 Å². The molecule has 3 aromatic rings. The molecule has 3 aromatic heterocycles. The van der Waals surface area contributed by atoms with Gasteiger partial charge in [-0.1, -0.05) is 6.07 Å². The number of aromatic nitrogens is 5. The first-order chi connectivity index (χ1) is 15.7. The average Bonchev–Trinajstić information content (AvgIpc) is 3.20. The highest BCUT2D eigenvalue weighted by molar-refractivity contribution is 5.85. The van der Waals surface area contributed by atoms with Crippen LogP contribution in [0.4, 0.5) is 11.6 Å². The third-order valence-corrected chi connectivity index (χ3v) is 6.47. The third-order valence-electron chi connectivity index (χ3n) is 6.47. The predicted molar refractivity (Wildman–Crippen MR) is 130 cm³/mol. The molecule has 0 radical (unpaired) electrons. The van der Waals surface area contributed by atoms with Gasteiger partial charge in [0.15, 0.2) is 17.5 Å². The van der Waals surface area contributed by atoms with E-state index in [0.29, 0.717) is 0 Å². The summed E-state index contributed by atoms with van der Waals surface area (Å²) in [6.45, 7) is 8.38. The Morgan fingerprint density at radius 3 is 2.18 bits per heavy atom. The highest BCUT2D eigenvalue weighted by atomic mass is 35.5. The van der Waals surface area contributed by atoms with E-state index in [2.05, 4.69) is 41.7 Å². The number of rotatable bonds is 5. The van der Waals surface area contributed by atoms with Gasteiger partial charge in [-0.2, -0.15) is 5.10 Å². The molecule has 9 nitrogen and oxygen atoms in total. The molecule has 2 fully saturated rings. The lowest BCUT2D eigenvalue weighted by Gasteiger charge is -2.38. The Labute approximate surface area is 200 Å². The number of halogens is 1. The van der Waals surface area contributed by atoms with Crippen LogP contribution in [-0.2, 0) is 6.54 Å². The second kappa shape index (κ2) is 10.5. The van der Waals surface area contributed by atoms with E-state index in [4.69, 9.17) is 0 Å². The quantitative estimate of drug-likeness (QED) is 0.606. The molecule has 10 heteroatoms. The molecule has 0 bridgehead atoms. The Hall–Kier alpha value is -2.75. The van der Waals surface area contributed by atoms with Gasteiger partial charge in [0, 0.05) is 75.7 Å². The van der Waals surface area contributed by atoms with Gasteiger partial charge < -0.3 is 14.9 Å². The van der Waals surface area contributed by atoms with Crippen LogP contribution in [0.3, 0.4) is 0 Å². The molecule has 0 atom stereocenters. The zero-order valence-corrected chi connectivity index (χ0v) is 19.7. The topological polar surface area (TPSA) is 86.4 Å². The van der Waals surface area contributed by atoms with Crippen molar-refractivity contribution in [3.63, 3.8) is 0 Å². The molecule has 33 heavy (non-hydrogen) atoms. The van der Waals surface area contributed by atoms with Crippen molar-refractivity contribution in [1.29, 1.82) is 0 Å². The molecule has 5 rings (SSSR count). The van der Waals surface area contributed by atoms with Crippen molar-refractivity contribution in [3.05, 3.63) is 54.2 Å². The van der Waals surface area contributed by atoms with Crippen molar-refractivity contribution < 1.29 is 5.11 Å². The molecule has 2 aliphatic rings. The SMILES string of the molecule is Cc1c(CN2CCN(c3nccnc3N3CCC(O)CC3)CC2)cnn1-c1ccccn1.Cl. The molecule has 1 N–H and O–H groups in total. The van der Waals surface area contributed by atoms with Crippen LogP contribution in [0.5, 0.6) is 0 Å². The van der Waals surface area contributed by atoms with E-state index in [1.54, 1.807) is 18.6 Å². The van der Waals surface area contributed by atoms with Crippen LogP contribution in [0, 0.1) is 6.92 Å². The second-order valence-electron chi connectivity index (χ2n) is 8.54. The van der Waals surface area contributed by atoms with Crippen LogP contribution in [-0.4, -0.2) is 80.1 Å². The van der Waals surface area contributed by atoms with Crippen LogP contribution in [0.25, 0.3) is 5.82 Å². The Balaban J connectivity index is 0.00000259. The number of piperidine rings is 1. The van der Waals surface area contributed by atoms with Gasteiger partial charge in [-0.05, 0) is 31.9 Å². The van der Waals surface area contributed by atoms with Gasteiger partial charge in [0.25, 0.3) is 0 Å². The van der Waals surface area contributed by atoms with Crippen molar-refractivity contribution in [2.75, 3.05) is 49.1 Å². The van der Waals surface area contributed by atoms with E-state index < -0.39 is 0 Å². The largest absolute Gasteiger partial charge is 0.393 e. The highest BCUT2D eigenvalue weighted by Gasteiger charge is 2.26. The highest BCUT2D eigenvalue weighted by Crippen LogP contribution is 2.28. The number of piperazine rings is 1. The van der Waals surface area contributed by atoms with Crippen LogP contribution in [0.15, 0.2) is 43.0 Å². The Kier molecular flexibility index (Phi) is 7.42. The maximum absolute atomic E-state index is 9.84.